The zero-order chi connectivity index (χ0) is 18.6. The third-order valence-corrected chi connectivity index (χ3v) is 6.16. The van der Waals surface area contributed by atoms with Crippen molar-refractivity contribution in [3.05, 3.63) is 45.2 Å². The number of nitrogens with zero attached hydrogens (tertiary/aromatic N) is 2. The predicted molar refractivity (Wildman–Crippen MR) is 102 cm³/mol. The fraction of sp³-hybridized carbons (Fsp3) is 0.235. The van der Waals surface area contributed by atoms with E-state index in [4.69, 9.17) is 28.3 Å². The maximum atomic E-state index is 12.8. The molecule has 0 radical (unpaired) electrons. The smallest absolute Gasteiger partial charge is 0.335 e. The van der Waals surface area contributed by atoms with E-state index in [0.29, 0.717) is 26.1 Å². The summed E-state index contributed by atoms with van der Waals surface area (Å²) >= 11 is 13.7. The lowest BCUT2D eigenvalue weighted by Gasteiger charge is -2.09. The van der Waals surface area contributed by atoms with Crippen LogP contribution in [0.1, 0.15) is 45.4 Å². The van der Waals surface area contributed by atoms with Gasteiger partial charge in [-0.2, -0.15) is 0 Å². The molecule has 0 aliphatic heterocycles. The number of halogens is 2. The Balaban J connectivity index is 1.68. The summed E-state index contributed by atoms with van der Waals surface area (Å²) in [5, 5.41) is 12.8. The molecular weight excluding hydrogens is 397 g/mol. The number of hydrogen-bond donors (Lipinski definition) is 2. The summed E-state index contributed by atoms with van der Waals surface area (Å²) in [7, 11) is 0. The van der Waals surface area contributed by atoms with E-state index < -0.39 is 5.97 Å². The number of carbonyl (C=O) groups is 2. The van der Waals surface area contributed by atoms with Crippen LogP contribution in [0.5, 0.6) is 0 Å². The van der Waals surface area contributed by atoms with Crippen molar-refractivity contribution in [2.75, 3.05) is 5.32 Å². The first kappa shape index (κ1) is 17.3. The molecule has 6 nitrogen and oxygen atoms in total. The van der Waals surface area contributed by atoms with E-state index in [1.807, 2.05) is 11.5 Å². The van der Waals surface area contributed by atoms with Crippen molar-refractivity contribution >= 4 is 61.8 Å². The molecule has 9 heteroatoms. The summed E-state index contributed by atoms with van der Waals surface area (Å²) in [6, 6.07) is 4.88. The molecule has 3 aromatic rings. The molecule has 2 N–H and O–H groups in total. The van der Waals surface area contributed by atoms with Crippen molar-refractivity contribution in [3.63, 3.8) is 0 Å². The standard InChI is InChI=1S/C17H13Cl2N3O3S/c1-7-12(18)13(19)14(22(7)9-3-4-9)15(23)21-17-20-10-5-2-8(16(24)25)6-11(10)26-17/h2,5-6,9H,3-4H2,1H3,(H,24,25)(H,20,21,23). The third kappa shape index (κ3) is 2.86. The largest absolute Gasteiger partial charge is 0.478 e. The number of anilines is 1. The maximum Gasteiger partial charge on any atom is 0.335 e. The average molecular weight is 410 g/mol. The van der Waals surface area contributed by atoms with Gasteiger partial charge in [0.25, 0.3) is 5.91 Å². The fourth-order valence-corrected chi connectivity index (χ4v) is 4.30. The van der Waals surface area contributed by atoms with E-state index in [9.17, 15) is 9.59 Å². The molecule has 134 valence electrons. The van der Waals surface area contributed by atoms with Crippen molar-refractivity contribution in [3.8, 4) is 0 Å². The summed E-state index contributed by atoms with van der Waals surface area (Å²) in [5.74, 6) is -1.39. The van der Waals surface area contributed by atoms with Crippen molar-refractivity contribution in [2.24, 2.45) is 0 Å². The number of carboxylic acid groups (broad SMARTS) is 1. The number of carbonyl (C=O) groups excluding carboxylic acids is 1. The number of carboxylic acids is 1. The highest BCUT2D eigenvalue weighted by Crippen LogP contribution is 2.43. The van der Waals surface area contributed by atoms with E-state index in [-0.39, 0.29) is 22.5 Å². The molecule has 0 atom stereocenters. The Kier molecular flexibility index (Phi) is 4.17. The molecule has 2 aromatic heterocycles. The van der Waals surface area contributed by atoms with E-state index in [1.165, 1.54) is 23.5 Å². The third-order valence-electron chi connectivity index (χ3n) is 4.30. The van der Waals surface area contributed by atoms with Gasteiger partial charge in [0.05, 0.1) is 25.8 Å². The highest BCUT2D eigenvalue weighted by Gasteiger charge is 2.33. The lowest BCUT2D eigenvalue weighted by molar-refractivity contribution is 0.0697. The van der Waals surface area contributed by atoms with Crippen molar-refractivity contribution < 1.29 is 14.7 Å². The summed E-state index contributed by atoms with van der Waals surface area (Å²) in [5.41, 5.74) is 1.90. The van der Waals surface area contributed by atoms with Gasteiger partial charge >= 0.3 is 5.97 Å². The lowest BCUT2D eigenvalue weighted by atomic mass is 10.2. The zero-order valence-corrected chi connectivity index (χ0v) is 15.9. The minimum Gasteiger partial charge on any atom is -0.478 e. The number of aromatic nitrogens is 2. The van der Waals surface area contributed by atoms with Gasteiger partial charge in [0, 0.05) is 11.7 Å². The Morgan fingerprint density at radius 1 is 1.31 bits per heavy atom. The molecule has 2 heterocycles. The Bertz CT molecular complexity index is 1070. The van der Waals surface area contributed by atoms with E-state index in [2.05, 4.69) is 10.3 Å². The molecule has 0 unspecified atom stereocenters. The van der Waals surface area contributed by atoms with Crippen molar-refractivity contribution in [2.45, 2.75) is 25.8 Å². The summed E-state index contributed by atoms with van der Waals surface area (Å²) in [6.45, 7) is 1.84. The van der Waals surface area contributed by atoms with Crippen LogP contribution in [0.15, 0.2) is 18.2 Å². The normalized spacial score (nSPS) is 14.0. The van der Waals surface area contributed by atoms with Gasteiger partial charge in [0.15, 0.2) is 5.13 Å². The Morgan fingerprint density at radius 3 is 2.69 bits per heavy atom. The van der Waals surface area contributed by atoms with Gasteiger partial charge in [0.1, 0.15) is 5.69 Å². The van der Waals surface area contributed by atoms with Gasteiger partial charge in [-0.3, -0.25) is 10.1 Å². The van der Waals surface area contributed by atoms with Crippen molar-refractivity contribution in [1.82, 2.24) is 9.55 Å². The van der Waals surface area contributed by atoms with Crippen LogP contribution in [-0.2, 0) is 0 Å². The second-order valence-electron chi connectivity index (χ2n) is 6.12. The van der Waals surface area contributed by atoms with Gasteiger partial charge < -0.3 is 9.67 Å². The molecular formula is C17H13Cl2N3O3S. The van der Waals surface area contributed by atoms with Crippen LogP contribution in [0.3, 0.4) is 0 Å². The molecule has 1 fully saturated rings. The Morgan fingerprint density at radius 2 is 2.04 bits per heavy atom. The quantitative estimate of drug-likeness (QED) is 0.634. The highest BCUT2D eigenvalue weighted by molar-refractivity contribution is 7.22. The summed E-state index contributed by atoms with van der Waals surface area (Å²) < 4.78 is 2.56. The van der Waals surface area contributed by atoms with E-state index in [1.54, 1.807) is 6.07 Å². The van der Waals surface area contributed by atoms with Crippen LogP contribution < -0.4 is 5.32 Å². The maximum absolute atomic E-state index is 12.8. The first-order chi connectivity index (χ1) is 12.4. The summed E-state index contributed by atoms with van der Waals surface area (Å²) in [6.07, 6.45) is 1.98. The van der Waals surface area contributed by atoms with Crippen LogP contribution in [0, 0.1) is 6.92 Å². The summed E-state index contributed by atoms with van der Waals surface area (Å²) in [4.78, 5) is 28.2. The number of amides is 1. The molecule has 1 aliphatic carbocycles. The fourth-order valence-electron chi connectivity index (χ4n) is 2.91. The Labute approximate surface area is 162 Å². The van der Waals surface area contributed by atoms with Gasteiger partial charge in [-0.05, 0) is 38.0 Å². The number of rotatable bonds is 4. The number of benzene rings is 1. The van der Waals surface area contributed by atoms with Gasteiger partial charge in [-0.15, -0.1) is 0 Å². The second-order valence-corrected chi connectivity index (χ2v) is 7.91. The lowest BCUT2D eigenvalue weighted by Crippen LogP contribution is -2.17. The minimum atomic E-state index is -1.01. The average Bonchev–Trinajstić information content (AvgIpc) is 3.31. The first-order valence-electron chi connectivity index (χ1n) is 7.88. The van der Waals surface area contributed by atoms with Gasteiger partial charge in [0.2, 0.25) is 0 Å². The number of hydrogen-bond acceptors (Lipinski definition) is 4. The molecule has 1 amide bonds. The van der Waals surface area contributed by atoms with E-state index >= 15 is 0 Å². The van der Waals surface area contributed by atoms with Crippen molar-refractivity contribution in [1.29, 1.82) is 0 Å². The van der Waals surface area contributed by atoms with Gasteiger partial charge in [-0.25, -0.2) is 9.78 Å². The Hall–Kier alpha value is -2.09. The second kappa shape index (κ2) is 6.26. The van der Waals surface area contributed by atoms with Crippen LogP contribution >= 0.6 is 34.5 Å². The molecule has 1 saturated carbocycles. The SMILES string of the molecule is Cc1c(Cl)c(Cl)c(C(=O)Nc2nc3ccc(C(=O)O)cc3s2)n1C1CC1. The van der Waals surface area contributed by atoms with Crippen LogP contribution in [0.25, 0.3) is 10.2 Å². The number of aromatic carboxylic acids is 1. The predicted octanol–water partition coefficient (Wildman–Crippen LogP) is 5.00. The minimum absolute atomic E-state index is 0.173. The topological polar surface area (TPSA) is 84.2 Å². The molecule has 1 aromatic carbocycles. The highest BCUT2D eigenvalue weighted by atomic mass is 35.5. The monoisotopic (exact) mass is 409 g/mol. The molecule has 26 heavy (non-hydrogen) atoms. The number of nitrogens with one attached hydrogen (secondary N) is 1. The van der Waals surface area contributed by atoms with Gasteiger partial charge in [-0.1, -0.05) is 34.5 Å². The van der Waals surface area contributed by atoms with Crippen LogP contribution in [-0.4, -0.2) is 26.5 Å². The first-order valence-corrected chi connectivity index (χ1v) is 9.45. The van der Waals surface area contributed by atoms with E-state index in [0.717, 1.165) is 18.5 Å². The zero-order valence-electron chi connectivity index (χ0n) is 13.5. The molecule has 0 spiro atoms. The number of thiazole rings is 1. The van der Waals surface area contributed by atoms with Crippen LogP contribution in [0.2, 0.25) is 10.0 Å². The molecule has 0 saturated heterocycles. The molecule has 4 rings (SSSR count). The molecule has 1 aliphatic rings. The number of fused-ring (bicyclic) bond motifs is 1. The van der Waals surface area contributed by atoms with Crippen LogP contribution in [0.4, 0.5) is 5.13 Å². The molecule has 0 bridgehead atoms.